The zero-order valence-electron chi connectivity index (χ0n) is 22.3. The first-order valence-electron chi connectivity index (χ1n) is 12.4. The quantitative estimate of drug-likeness (QED) is 0.224. The maximum absolute atomic E-state index is 13.8. The molecule has 0 fully saturated rings. The second-order valence-corrected chi connectivity index (χ2v) is 11.7. The summed E-state index contributed by atoms with van der Waals surface area (Å²) < 4.78 is 74.9. The van der Waals surface area contributed by atoms with E-state index in [1.54, 1.807) is 18.2 Å². The molecule has 4 rings (SSSR count). The van der Waals surface area contributed by atoms with Gasteiger partial charge in [0.15, 0.2) is 22.9 Å². The van der Waals surface area contributed by atoms with Crippen molar-refractivity contribution in [3.05, 3.63) is 72.2 Å². The van der Waals surface area contributed by atoms with Crippen LogP contribution >= 0.6 is 0 Å². The molecule has 4 atom stereocenters. The molecule has 14 heteroatoms. The van der Waals surface area contributed by atoms with Gasteiger partial charge < -0.3 is 25.0 Å². The minimum absolute atomic E-state index is 0.0706. The number of benzene rings is 3. The normalized spacial score (nSPS) is 15.0. The monoisotopic (exact) mass is 594 g/mol. The second-order valence-electron chi connectivity index (χ2n) is 9.71. The van der Waals surface area contributed by atoms with Gasteiger partial charge in [0.05, 0.1) is 30.3 Å². The number of aliphatic hydroxyl groups is 3. The van der Waals surface area contributed by atoms with Crippen LogP contribution in [0.3, 0.4) is 0 Å². The number of aromatic nitrogens is 3. The van der Waals surface area contributed by atoms with E-state index >= 15 is 0 Å². The van der Waals surface area contributed by atoms with E-state index in [0.717, 1.165) is 27.9 Å². The maximum Gasteiger partial charge on any atom is 0.207 e. The van der Waals surface area contributed by atoms with Gasteiger partial charge in [0.1, 0.15) is 17.9 Å². The first-order valence-corrected chi connectivity index (χ1v) is 14.0. The van der Waals surface area contributed by atoms with Crippen LogP contribution in [0.5, 0.6) is 0 Å². The Labute approximate surface area is 234 Å². The molecule has 1 heterocycles. The highest BCUT2D eigenvalue weighted by atomic mass is 32.2. The molecule has 0 aliphatic heterocycles. The van der Waals surface area contributed by atoms with E-state index in [9.17, 15) is 36.9 Å². The first-order chi connectivity index (χ1) is 19.3. The molecule has 0 bridgehead atoms. The average molecular weight is 595 g/mol. The number of aliphatic hydroxyl groups excluding tert-OH is 3. The molecule has 4 aromatic rings. The summed E-state index contributed by atoms with van der Waals surface area (Å²) in [4.78, 5) is 1.70. The van der Waals surface area contributed by atoms with Crippen molar-refractivity contribution in [2.45, 2.75) is 42.1 Å². The fourth-order valence-corrected chi connectivity index (χ4v) is 5.90. The van der Waals surface area contributed by atoms with Gasteiger partial charge in [0.2, 0.25) is 9.84 Å². The summed E-state index contributed by atoms with van der Waals surface area (Å²) in [6.07, 6.45) is -3.28. The van der Waals surface area contributed by atoms with Crippen molar-refractivity contribution >= 4 is 26.3 Å². The zero-order valence-corrected chi connectivity index (χ0v) is 23.1. The summed E-state index contributed by atoms with van der Waals surface area (Å²) in [7, 11) is -0.754. The van der Waals surface area contributed by atoms with Crippen molar-refractivity contribution in [3.8, 4) is 11.3 Å². The number of ether oxygens (including phenoxy) is 1. The van der Waals surface area contributed by atoms with Crippen molar-refractivity contribution in [3.63, 3.8) is 0 Å². The van der Waals surface area contributed by atoms with Crippen LogP contribution in [0.15, 0.2) is 59.6 Å². The highest BCUT2D eigenvalue weighted by Gasteiger charge is 2.38. The van der Waals surface area contributed by atoms with E-state index in [1.807, 2.05) is 25.1 Å². The second kappa shape index (κ2) is 12.1. The standard InChI is InChI=1S/C27H29F3N4O6S/c1-15(36)25(14-35)40-27(41(38,39)18-7-8-19-16(9-18)5-4-6-23(19)33(2)3)24(37)13-34-12-22(31-32-34)17-10-20(28)26(30)21(29)11-17/h4-12,15,24-25,27,35-37H,13-14H2,1-3H3/t15-,24+,25?,27?/m1/s1. The van der Waals surface area contributed by atoms with Gasteiger partial charge in [-0.3, -0.25) is 0 Å². The lowest BCUT2D eigenvalue weighted by molar-refractivity contribution is -0.100. The molecular weight excluding hydrogens is 565 g/mol. The summed E-state index contributed by atoms with van der Waals surface area (Å²) >= 11 is 0. The molecule has 1 aromatic heterocycles. The number of fused-ring (bicyclic) bond motifs is 1. The fraction of sp³-hybridized carbons (Fsp3) is 0.333. The Hall–Kier alpha value is -3.56. The predicted molar refractivity (Wildman–Crippen MR) is 144 cm³/mol. The fourth-order valence-electron chi connectivity index (χ4n) is 4.30. The maximum atomic E-state index is 13.8. The van der Waals surface area contributed by atoms with Gasteiger partial charge in [-0.05, 0) is 42.6 Å². The number of sulfone groups is 1. The van der Waals surface area contributed by atoms with Gasteiger partial charge in [-0.25, -0.2) is 26.3 Å². The molecule has 3 aromatic carbocycles. The van der Waals surface area contributed by atoms with Gasteiger partial charge in [0.25, 0.3) is 0 Å². The third-order valence-corrected chi connectivity index (χ3v) is 8.43. The molecule has 0 saturated heterocycles. The summed E-state index contributed by atoms with van der Waals surface area (Å²) in [5.74, 6) is -4.52. The van der Waals surface area contributed by atoms with Gasteiger partial charge in [0, 0.05) is 30.7 Å². The van der Waals surface area contributed by atoms with Crippen LogP contribution in [0.4, 0.5) is 18.9 Å². The average Bonchev–Trinajstić information content (AvgIpc) is 3.39. The van der Waals surface area contributed by atoms with Crippen LogP contribution in [0.25, 0.3) is 22.0 Å². The minimum Gasteiger partial charge on any atom is -0.394 e. The van der Waals surface area contributed by atoms with Crippen molar-refractivity contribution in [2.75, 3.05) is 25.6 Å². The van der Waals surface area contributed by atoms with Crippen molar-refractivity contribution in [2.24, 2.45) is 0 Å². The van der Waals surface area contributed by atoms with Crippen LogP contribution < -0.4 is 4.90 Å². The molecule has 220 valence electrons. The highest BCUT2D eigenvalue weighted by molar-refractivity contribution is 7.92. The van der Waals surface area contributed by atoms with Crippen LogP contribution in [0.1, 0.15) is 6.92 Å². The number of anilines is 1. The van der Waals surface area contributed by atoms with Crippen LogP contribution in [-0.2, 0) is 21.1 Å². The smallest absolute Gasteiger partial charge is 0.207 e. The summed E-state index contributed by atoms with van der Waals surface area (Å²) in [5, 5.41) is 39.7. The summed E-state index contributed by atoms with van der Waals surface area (Å²) in [5.41, 5.74) is -1.32. The number of halogens is 3. The lowest BCUT2D eigenvalue weighted by atomic mass is 10.1. The molecule has 0 aliphatic rings. The Bertz CT molecular complexity index is 1620. The SMILES string of the molecule is C[C@@H](O)C(CO)OC([C@@H](O)Cn1cc(-c2cc(F)c(F)c(F)c2)nn1)S(=O)(=O)c1ccc2c(N(C)C)cccc2c1. The van der Waals surface area contributed by atoms with Crippen LogP contribution in [0.2, 0.25) is 0 Å². The Morgan fingerprint density at radius 1 is 1.05 bits per heavy atom. The van der Waals surface area contributed by atoms with E-state index in [0.29, 0.717) is 5.39 Å². The van der Waals surface area contributed by atoms with E-state index in [1.165, 1.54) is 25.3 Å². The number of hydrogen-bond acceptors (Lipinski definition) is 9. The third kappa shape index (κ3) is 6.36. The number of nitrogens with zero attached hydrogens (tertiary/aromatic N) is 4. The van der Waals surface area contributed by atoms with Crippen molar-refractivity contribution < 1.29 is 41.6 Å². The summed E-state index contributed by atoms with van der Waals surface area (Å²) in [6.45, 7) is 0.0370. The van der Waals surface area contributed by atoms with Gasteiger partial charge in [-0.15, -0.1) is 5.10 Å². The molecule has 0 amide bonds. The topological polar surface area (TPSA) is 138 Å². The zero-order chi connectivity index (χ0) is 30.1. The number of hydrogen-bond donors (Lipinski definition) is 3. The lowest BCUT2D eigenvalue weighted by Gasteiger charge is -2.28. The lowest BCUT2D eigenvalue weighted by Crippen LogP contribution is -2.45. The van der Waals surface area contributed by atoms with E-state index in [2.05, 4.69) is 10.3 Å². The number of rotatable bonds is 11. The Morgan fingerprint density at radius 2 is 1.73 bits per heavy atom. The molecule has 10 nitrogen and oxygen atoms in total. The van der Waals surface area contributed by atoms with E-state index < -0.39 is 64.2 Å². The van der Waals surface area contributed by atoms with Gasteiger partial charge in [-0.2, -0.15) is 0 Å². The van der Waals surface area contributed by atoms with Gasteiger partial charge in [-0.1, -0.05) is 23.4 Å². The summed E-state index contributed by atoms with van der Waals surface area (Å²) in [6, 6.07) is 11.2. The van der Waals surface area contributed by atoms with Crippen molar-refractivity contribution in [1.29, 1.82) is 0 Å². The molecular formula is C27H29F3N4O6S. The molecule has 0 radical (unpaired) electrons. The minimum atomic E-state index is -4.46. The molecule has 41 heavy (non-hydrogen) atoms. The third-order valence-electron chi connectivity index (χ3n) is 6.48. The molecule has 3 N–H and O–H groups in total. The van der Waals surface area contributed by atoms with E-state index in [-0.39, 0.29) is 16.2 Å². The molecule has 0 saturated carbocycles. The largest absolute Gasteiger partial charge is 0.394 e. The molecule has 2 unspecified atom stereocenters. The molecule has 0 aliphatic carbocycles. The van der Waals surface area contributed by atoms with E-state index in [4.69, 9.17) is 4.74 Å². The van der Waals surface area contributed by atoms with Gasteiger partial charge >= 0.3 is 0 Å². The highest BCUT2D eigenvalue weighted by Crippen LogP contribution is 2.30. The van der Waals surface area contributed by atoms with Crippen LogP contribution in [0, 0.1) is 17.5 Å². The van der Waals surface area contributed by atoms with Crippen molar-refractivity contribution in [1.82, 2.24) is 15.0 Å². The first kappa shape index (κ1) is 30.4. The Kier molecular flexibility index (Phi) is 8.99. The molecule has 0 spiro atoms. The Morgan fingerprint density at radius 3 is 2.34 bits per heavy atom. The Balaban J connectivity index is 1.68. The van der Waals surface area contributed by atoms with Crippen LogP contribution in [-0.4, -0.2) is 83.2 Å². The predicted octanol–water partition coefficient (Wildman–Crippen LogP) is 2.50.